The van der Waals surface area contributed by atoms with Crippen molar-refractivity contribution in [3.05, 3.63) is 64.7 Å². The molecule has 0 aliphatic heterocycles. The van der Waals surface area contributed by atoms with Crippen LogP contribution >= 0.6 is 0 Å². The van der Waals surface area contributed by atoms with Crippen LogP contribution in [0.15, 0.2) is 42.5 Å². The second-order valence-corrected chi connectivity index (χ2v) is 4.77. The fourth-order valence-corrected chi connectivity index (χ4v) is 2.10. The van der Waals surface area contributed by atoms with Gasteiger partial charge in [-0.25, -0.2) is 0 Å². The highest BCUT2D eigenvalue weighted by Gasteiger charge is 2.05. The van der Waals surface area contributed by atoms with Crippen molar-refractivity contribution in [1.29, 1.82) is 5.26 Å². The van der Waals surface area contributed by atoms with Crippen LogP contribution in [0, 0.1) is 18.3 Å². The van der Waals surface area contributed by atoms with Crippen molar-refractivity contribution in [3.8, 4) is 6.07 Å². The molecule has 2 aromatic carbocycles. The smallest absolute Gasteiger partial charge is 0.251 e. The number of anilines is 1. The number of carbonyl (C=O) groups is 1. The Labute approximate surface area is 124 Å². The van der Waals surface area contributed by atoms with Crippen LogP contribution in [0.2, 0.25) is 0 Å². The van der Waals surface area contributed by atoms with Crippen molar-refractivity contribution in [2.24, 2.45) is 0 Å². The molecule has 0 aromatic heterocycles. The van der Waals surface area contributed by atoms with E-state index >= 15 is 0 Å². The third-order valence-electron chi connectivity index (χ3n) is 3.25. The molecule has 0 heterocycles. The minimum Gasteiger partial charge on any atom is -0.381 e. The van der Waals surface area contributed by atoms with Crippen molar-refractivity contribution in [2.75, 3.05) is 12.4 Å². The zero-order valence-electron chi connectivity index (χ0n) is 12.1. The standard InChI is InChI=1S/C17H17N3O/c1-12-8-15(17(21)19-2)6-7-16(12)20-11-14-5-3-4-13(9-14)10-18/h3-9,20H,11H2,1-2H3,(H,19,21). The Morgan fingerprint density at radius 1 is 1.24 bits per heavy atom. The molecule has 0 unspecified atom stereocenters. The van der Waals surface area contributed by atoms with Gasteiger partial charge in [0.05, 0.1) is 11.6 Å². The molecule has 1 amide bonds. The molecule has 0 saturated carbocycles. The van der Waals surface area contributed by atoms with Gasteiger partial charge in [0.15, 0.2) is 0 Å². The van der Waals surface area contributed by atoms with Gasteiger partial charge in [-0.15, -0.1) is 0 Å². The summed E-state index contributed by atoms with van der Waals surface area (Å²) in [6.07, 6.45) is 0. The monoisotopic (exact) mass is 279 g/mol. The molecule has 4 heteroatoms. The lowest BCUT2D eigenvalue weighted by molar-refractivity contribution is 0.0963. The molecule has 0 saturated heterocycles. The number of amides is 1. The second-order valence-electron chi connectivity index (χ2n) is 4.77. The Bertz CT molecular complexity index is 701. The number of carbonyl (C=O) groups excluding carboxylic acids is 1. The summed E-state index contributed by atoms with van der Waals surface area (Å²) in [6, 6.07) is 15.2. The molecular formula is C17H17N3O. The number of benzene rings is 2. The zero-order valence-corrected chi connectivity index (χ0v) is 12.1. The first-order valence-electron chi connectivity index (χ1n) is 6.69. The van der Waals surface area contributed by atoms with Gasteiger partial charge < -0.3 is 10.6 Å². The van der Waals surface area contributed by atoms with Gasteiger partial charge in [-0.05, 0) is 48.4 Å². The van der Waals surface area contributed by atoms with Gasteiger partial charge in [-0.2, -0.15) is 5.26 Å². The van der Waals surface area contributed by atoms with Crippen molar-refractivity contribution in [1.82, 2.24) is 5.32 Å². The van der Waals surface area contributed by atoms with E-state index < -0.39 is 0 Å². The van der Waals surface area contributed by atoms with Crippen LogP contribution < -0.4 is 10.6 Å². The lowest BCUT2D eigenvalue weighted by Crippen LogP contribution is -2.17. The number of hydrogen-bond donors (Lipinski definition) is 2. The Balaban J connectivity index is 2.10. The molecule has 2 N–H and O–H groups in total. The number of hydrogen-bond acceptors (Lipinski definition) is 3. The lowest BCUT2D eigenvalue weighted by Gasteiger charge is -2.11. The summed E-state index contributed by atoms with van der Waals surface area (Å²) in [6.45, 7) is 2.59. The van der Waals surface area contributed by atoms with E-state index in [9.17, 15) is 4.79 Å². The van der Waals surface area contributed by atoms with Crippen LogP contribution in [-0.4, -0.2) is 13.0 Å². The Morgan fingerprint density at radius 3 is 2.71 bits per heavy atom. The fraction of sp³-hybridized carbons (Fsp3) is 0.176. The van der Waals surface area contributed by atoms with E-state index in [-0.39, 0.29) is 5.91 Å². The largest absolute Gasteiger partial charge is 0.381 e. The second kappa shape index (κ2) is 6.58. The third kappa shape index (κ3) is 3.61. The number of nitrogens with one attached hydrogen (secondary N) is 2. The molecule has 0 bridgehead atoms. The molecular weight excluding hydrogens is 262 g/mol. The number of rotatable bonds is 4. The van der Waals surface area contributed by atoms with Crippen LogP contribution in [0.25, 0.3) is 0 Å². The fourth-order valence-electron chi connectivity index (χ4n) is 2.10. The highest BCUT2D eigenvalue weighted by atomic mass is 16.1. The van der Waals surface area contributed by atoms with Crippen LogP contribution in [-0.2, 0) is 6.54 Å². The van der Waals surface area contributed by atoms with Crippen molar-refractivity contribution < 1.29 is 4.79 Å². The third-order valence-corrected chi connectivity index (χ3v) is 3.25. The van der Waals surface area contributed by atoms with E-state index in [1.54, 1.807) is 19.2 Å². The maximum absolute atomic E-state index is 11.6. The first-order valence-corrected chi connectivity index (χ1v) is 6.69. The Morgan fingerprint density at radius 2 is 2.05 bits per heavy atom. The van der Waals surface area contributed by atoms with E-state index in [0.29, 0.717) is 17.7 Å². The molecule has 106 valence electrons. The zero-order chi connectivity index (χ0) is 15.2. The van der Waals surface area contributed by atoms with Crippen molar-refractivity contribution in [2.45, 2.75) is 13.5 Å². The predicted octanol–water partition coefficient (Wildman–Crippen LogP) is 2.84. The molecule has 0 aliphatic rings. The van der Waals surface area contributed by atoms with Crippen LogP contribution in [0.4, 0.5) is 5.69 Å². The average Bonchev–Trinajstić information content (AvgIpc) is 2.53. The average molecular weight is 279 g/mol. The summed E-state index contributed by atoms with van der Waals surface area (Å²) >= 11 is 0. The lowest BCUT2D eigenvalue weighted by atomic mass is 10.1. The quantitative estimate of drug-likeness (QED) is 0.904. The van der Waals surface area contributed by atoms with Gasteiger partial charge >= 0.3 is 0 Å². The van der Waals surface area contributed by atoms with Crippen molar-refractivity contribution in [3.63, 3.8) is 0 Å². The molecule has 2 rings (SSSR count). The number of nitriles is 1. The van der Waals surface area contributed by atoms with Gasteiger partial charge in [0.2, 0.25) is 0 Å². The van der Waals surface area contributed by atoms with Crippen molar-refractivity contribution >= 4 is 11.6 Å². The maximum atomic E-state index is 11.6. The Kier molecular flexibility index (Phi) is 4.57. The number of aryl methyl sites for hydroxylation is 1. The first-order chi connectivity index (χ1) is 10.1. The van der Waals surface area contributed by atoms with Gasteiger partial charge in [-0.3, -0.25) is 4.79 Å². The summed E-state index contributed by atoms with van der Waals surface area (Å²) in [5.74, 6) is -0.0913. The van der Waals surface area contributed by atoms with Gasteiger partial charge in [-0.1, -0.05) is 12.1 Å². The molecule has 2 aromatic rings. The molecule has 0 atom stereocenters. The van der Waals surface area contributed by atoms with E-state index in [2.05, 4.69) is 16.7 Å². The van der Waals surface area contributed by atoms with E-state index in [1.165, 1.54) is 0 Å². The van der Waals surface area contributed by atoms with Crippen LogP contribution in [0.5, 0.6) is 0 Å². The topological polar surface area (TPSA) is 64.9 Å². The van der Waals surface area contributed by atoms with Crippen LogP contribution in [0.3, 0.4) is 0 Å². The molecule has 4 nitrogen and oxygen atoms in total. The highest BCUT2D eigenvalue weighted by molar-refractivity contribution is 5.94. The molecule has 21 heavy (non-hydrogen) atoms. The summed E-state index contributed by atoms with van der Waals surface area (Å²) in [7, 11) is 1.62. The highest BCUT2D eigenvalue weighted by Crippen LogP contribution is 2.18. The molecule has 0 radical (unpaired) electrons. The normalized spacial score (nSPS) is 9.76. The first kappa shape index (κ1) is 14.6. The predicted molar refractivity (Wildman–Crippen MR) is 83.1 cm³/mol. The van der Waals surface area contributed by atoms with E-state index in [0.717, 1.165) is 16.8 Å². The summed E-state index contributed by atoms with van der Waals surface area (Å²) in [4.78, 5) is 11.6. The Hall–Kier alpha value is -2.80. The molecule has 0 aliphatic carbocycles. The van der Waals surface area contributed by atoms with Gasteiger partial charge in [0.25, 0.3) is 5.91 Å². The van der Waals surface area contributed by atoms with E-state index in [4.69, 9.17) is 5.26 Å². The van der Waals surface area contributed by atoms with Gasteiger partial charge in [0, 0.05) is 24.8 Å². The van der Waals surface area contributed by atoms with E-state index in [1.807, 2.05) is 37.3 Å². The number of nitrogens with zero attached hydrogens (tertiary/aromatic N) is 1. The summed E-state index contributed by atoms with van der Waals surface area (Å²) < 4.78 is 0. The maximum Gasteiger partial charge on any atom is 0.251 e. The SMILES string of the molecule is CNC(=O)c1ccc(NCc2cccc(C#N)c2)c(C)c1. The molecule has 0 fully saturated rings. The summed E-state index contributed by atoms with van der Waals surface area (Å²) in [5, 5.41) is 14.8. The minimum absolute atomic E-state index is 0.0913. The minimum atomic E-state index is -0.0913. The van der Waals surface area contributed by atoms with Gasteiger partial charge in [0.1, 0.15) is 0 Å². The molecule has 0 spiro atoms. The van der Waals surface area contributed by atoms with Crippen LogP contribution in [0.1, 0.15) is 27.0 Å². The summed E-state index contributed by atoms with van der Waals surface area (Å²) in [5.41, 5.74) is 4.33.